The molecule has 5 heteroatoms. The predicted molar refractivity (Wildman–Crippen MR) is 102 cm³/mol. The number of ether oxygens (including phenoxy) is 2. The van der Waals surface area contributed by atoms with Crippen molar-refractivity contribution in [1.82, 2.24) is 5.32 Å². The Morgan fingerprint density at radius 2 is 1.69 bits per heavy atom. The van der Waals surface area contributed by atoms with Crippen LogP contribution in [0.3, 0.4) is 0 Å². The molecule has 5 nitrogen and oxygen atoms in total. The van der Waals surface area contributed by atoms with Crippen LogP contribution in [0.15, 0.2) is 54.6 Å². The van der Waals surface area contributed by atoms with Gasteiger partial charge in [0.05, 0.1) is 14.2 Å². The molecular weight excluding hydrogens is 330 g/mol. The van der Waals surface area contributed by atoms with Crippen LogP contribution in [-0.2, 0) is 14.3 Å². The van der Waals surface area contributed by atoms with Gasteiger partial charge in [0.1, 0.15) is 5.75 Å². The zero-order chi connectivity index (χ0) is 18.8. The Labute approximate surface area is 153 Å². The van der Waals surface area contributed by atoms with Crippen molar-refractivity contribution in [1.29, 1.82) is 0 Å². The Kier molecular flexibility index (Phi) is 7.43. The minimum Gasteiger partial charge on any atom is -0.496 e. The molecule has 26 heavy (non-hydrogen) atoms. The minimum absolute atomic E-state index is 0.202. The summed E-state index contributed by atoms with van der Waals surface area (Å²) in [5.74, 6) is 0.207. The smallest absolute Gasteiger partial charge is 0.305 e. The summed E-state index contributed by atoms with van der Waals surface area (Å²) < 4.78 is 9.97. The van der Waals surface area contributed by atoms with E-state index in [9.17, 15) is 9.59 Å². The lowest BCUT2D eigenvalue weighted by molar-refractivity contribution is -0.140. The molecule has 0 fully saturated rings. The van der Waals surface area contributed by atoms with Crippen LogP contribution >= 0.6 is 0 Å². The minimum atomic E-state index is -0.285. The Morgan fingerprint density at radius 1 is 1.00 bits per heavy atom. The molecule has 2 rings (SSSR count). The van der Waals surface area contributed by atoms with Gasteiger partial charge in [-0.15, -0.1) is 0 Å². The quantitative estimate of drug-likeness (QED) is 0.342. The van der Waals surface area contributed by atoms with E-state index in [4.69, 9.17) is 4.74 Å². The summed E-state index contributed by atoms with van der Waals surface area (Å²) in [6, 6.07) is 17.0. The van der Waals surface area contributed by atoms with Gasteiger partial charge < -0.3 is 14.8 Å². The number of amides is 1. The normalized spacial score (nSPS) is 10.9. The van der Waals surface area contributed by atoms with Gasteiger partial charge in [0.2, 0.25) is 0 Å². The van der Waals surface area contributed by atoms with Crippen molar-refractivity contribution in [3.63, 3.8) is 0 Å². The van der Waals surface area contributed by atoms with Gasteiger partial charge in [-0.05, 0) is 24.1 Å². The average molecular weight is 353 g/mol. The summed E-state index contributed by atoms with van der Waals surface area (Å²) in [5.41, 5.74) is 2.16. The number of carbonyl (C=O) groups excluding carboxylic acids is 2. The molecule has 0 bridgehead atoms. The number of esters is 1. The molecule has 2 aromatic rings. The molecule has 0 radical (unpaired) electrons. The van der Waals surface area contributed by atoms with E-state index in [1.807, 2.05) is 60.7 Å². The molecule has 0 spiro atoms. The number of nitrogens with one attached hydrogen (secondary N) is 1. The van der Waals surface area contributed by atoms with Crippen molar-refractivity contribution < 1.29 is 19.1 Å². The second kappa shape index (κ2) is 10.0. The van der Waals surface area contributed by atoms with Crippen LogP contribution < -0.4 is 10.1 Å². The van der Waals surface area contributed by atoms with Crippen LogP contribution in [0.25, 0.3) is 11.6 Å². The van der Waals surface area contributed by atoms with E-state index >= 15 is 0 Å². The number of hydrogen-bond acceptors (Lipinski definition) is 4. The highest BCUT2D eigenvalue weighted by Crippen LogP contribution is 2.24. The first kappa shape index (κ1) is 19.2. The third kappa shape index (κ3) is 5.48. The molecule has 1 amide bonds. The summed E-state index contributed by atoms with van der Waals surface area (Å²) >= 11 is 0. The Hall–Kier alpha value is -3.08. The first-order chi connectivity index (χ1) is 12.7. The standard InChI is InChI=1S/C21H23NO4/c1-25-19-12-7-6-11-17(19)15-18(16-9-4-3-5-10-16)21(24)22-14-8-13-20(23)26-2/h3-7,9-12,15H,8,13-14H2,1-2H3,(H,22,24)/b18-15+. The van der Waals surface area contributed by atoms with Gasteiger partial charge in [-0.3, -0.25) is 9.59 Å². The Balaban J connectivity index is 2.21. The molecule has 2 aromatic carbocycles. The van der Waals surface area contributed by atoms with Crippen LogP contribution in [0.4, 0.5) is 0 Å². The van der Waals surface area contributed by atoms with E-state index in [1.54, 1.807) is 7.11 Å². The van der Waals surface area contributed by atoms with E-state index in [1.165, 1.54) is 7.11 Å². The maximum absolute atomic E-state index is 12.7. The van der Waals surface area contributed by atoms with Crippen molar-refractivity contribution in [2.24, 2.45) is 0 Å². The fraction of sp³-hybridized carbons (Fsp3) is 0.238. The zero-order valence-corrected chi connectivity index (χ0v) is 15.0. The van der Waals surface area contributed by atoms with Gasteiger partial charge in [0, 0.05) is 24.1 Å². The van der Waals surface area contributed by atoms with Gasteiger partial charge in [-0.25, -0.2) is 0 Å². The van der Waals surface area contributed by atoms with Crippen LogP contribution in [0.1, 0.15) is 24.0 Å². The molecule has 0 aliphatic carbocycles. The molecule has 0 heterocycles. The van der Waals surface area contributed by atoms with E-state index in [0.29, 0.717) is 24.3 Å². The number of hydrogen-bond donors (Lipinski definition) is 1. The highest BCUT2D eigenvalue weighted by Gasteiger charge is 2.13. The highest BCUT2D eigenvalue weighted by atomic mass is 16.5. The van der Waals surface area contributed by atoms with E-state index in [-0.39, 0.29) is 18.3 Å². The average Bonchev–Trinajstić information content (AvgIpc) is 2.69. The van der Waals surface area contributed by atoms with Crippen molar-refractivity contribution in [2.45, 2.75) is 12.8 Å². The third-order valence-corrected chi connectivity index (χ3v) is 3.84. The molecule has 0 aliphatic heterocycles. The van der Waals surface area contributed by atoms with Gasteiger partial charge >= 0.3 is 5.97 Å². The van der Waals surface area contributed by atoms with Crippen molar-refractivity contribution in [3.8, 4) is 5.75 Å². The number of carbonyl (C=O) groups is 2. The van der Waals surface area contributed by atoms with Gasteiger partial charge in [0.15, 0.2) is 0 Å². The Morgan fingerprint density at radius 3 is 2.38 bits per heavy atom. The maximum atomic E-state index is 12.7. The summed E-state index contributed by atoms with van der Waals surface area (Å²) in [6.07, 6.45) is 2.60. The van der Waals surface area contributed by atoms with E-state index in [0.717, 1.165) is 11.1 Å². The first-order valence-corrected chi connectivity index (χ1v) is 8.41. The molecule has 0 saturated heterocycles. The van der Waals surface area contributed by atoms with Crippen LogP contribution in [0.2, 0.25) is 0 Å². The number of benzene rings is 2. The van der Waals surface area contributed by atoms with Crippen LogP contribution in [0.5, 0.6) is 5.75 Å². The number of methoxy groups -OCH3 is 2. The summed E-state index contributed by atoms with van der Waals surface area (Å²) in [6.45, 7) is 0.393. The predicted octanol–water partition coefficient (Wildman–Crippen LogP) is 3.31. The second-order valence-electron chi connectivity index (χ2n) is 5.60. The molecule has 1 N–H and O–H groups in total. The van der Waals surface area contributed by atoms with Crippen molar-refractivity contribution in [2.75, 3.05) is 20.8 Å². The van der Waals surface area contributed by atoms with Gasteiger partial charge in [0.25, 0.3) is 5.91 Å². The first-order valence-electron chi connectivity index (χ1n) is 8.41. The lowest BCUT2D eigenvalue weighted by atomic mass is 10.0. The largest absolute Gasteiger partial charge is 0.496 e. The SMILES string of the molecule is COC(=O)CCCNC(=O)/C(=C/c1ccccc1OC)c1ccccc1. The molecule has 0 atom stereocenters. The zero-order valence-electron chi connectivity index (χ0n) is 15.0. The lowest BCUT2D eigenvalue weighted by Crippen LogP contribution is -2.26. The van der Waals surface area contributed by atoms with Crippen LogP contribution in [-0.4, -0.2) is 32.6 Å². The summed E-state index contributed by atoms with van der Waals surface area (Å²) in [5, 5.41) is 2.86. The molecular formula is C21H23NO4. The van der Waals surface area contributed by atoms with Crippen molar-refractivity contribution in [3.05, 3.63) is 65.7 Å². The van der Waals surface area contributed by atoms with Gasteiger partial charge in [-0.2, -0.15) is 0 Å². The maximum Gasteiger partial charge on any atom is 0.305 e. The fourth-order valence-electron chi connectivity index (χ4n) is 2.47. The fourth-order valence-corrected chi connectivity index (χ4v) is 2.47. The lowest BCUT2D eigenvalue weighted by Gasteiger charge is -2.11. The number of para-hydroxylation sites is 1. The van der Waals surface area contributed by atoms with Gasteiger partial charge in [-0.1, -0.05) is 48.5 Å². The summed E-state index contributed by atoms with van der Waals surface area (Å²) in [7, 11) is 2.95. The molecule has 0 aromatic heterocycles. The van der Waals surface area contributed by atoms with Crippen LogP contribution in [0, 0.1) is 0 Å². The Bertz CT molecular complexity index is 769. The molecule has 136 valence electrons. The number of rotatable bonds is 8. The van der Waals surface area contributed by atoms with E-state index < -0.39 is 0 Å². The van der Waals surface area contributed by atoms with Crippen molar-refractivity contribution >= 4 is 23.5 Å². The second-order valence-corrected chi connectivity index (χ2v) is 5.60. The monoisotopic (exact) mass is 353 g/mol. The molecule has 0 aliphatic rings. The van der Waals surface area contributed by atoms with E-state index in [2.05, 4.69) is 10.1 Å². The molecule has 0 saturated carbocycles. The third-order valence-electron chi connectivity index (χ3n) is 3.84. The summed E-state index contributed by atoms with van der Waals surface area (Å²) in [4.78, 5) is 23.9. The highest BCUT2D eigenvalue weighted by molar-refractivity contribution is 6.24. The molecule has 0 unspecified atom stereocenters. The topological polar surface area (TPSA) is 64.6 Å².